The molecule has 102 valence electrons. The fraction of sp³-hybridized carbons (Fsp3) is 0. The zero-order valence-electron chi connectivity index (χ0n) is 9.95. The van der Waals surface area contributed by atoms with Crippen LogP contribution < -0.4 is 5.43 Å². The molecule has 7 nitrogen and oxygen atoms in total. The van der Waals surface area contributed by atoms with E-state index < -0.39 is 10.8 Å². The van der Waals surface area contributed by atoms with Crippen LogP contribution in [0.15, 0.2) is 50.6 Å². The summed E-state index contributed by atoms with van der Waals surface area (Å²) in [4.78, 5) is 21.7. The molecule has 1 amide bonds. The van der Waals surface area contributed by atoms with Gasteiger partial charge in [0.05, 0.1) is 11.1 Å². The normalized spacial score (nSPS) is 10.7. The molecule has 8 heteroatoms. The molecule has 0 bridgehead atoms. The number of hydrazone groups is 1. The average molecular weight is 338 g/mol. The van der Waals surface area contributed by atoms with Crippen LogP contribution in [-0.4, -0.2) is 17.0 Å². The summed E-state index contributed by atoms with van der Waals surface area (Å²) < 4.78 is 5.48. The van der Waals surface area contributed by atoms with Gasteiger partial charge in [-0.2, -0.15) is 5.10 Å². The Bertz CT molecular complexity index is 681. The Morgan fingerprint density at radius 3 is 2.85 bits per heavy atom. The second-order valence-electron chi connectivity index (χ2n) is 3.65. The van der Waals surface area contributed by atoms with Gasteiger partial charge in [-0.25, -0.2) is 5.43 Å². The molecule has 1 N–H and O–H groups in total. The van der Waals surface area contributed by atoms with E-state index in [9.17, 15) is 14.9 Å². The average Bonchev–Trinajstić information content (AvgIpc) is 2.86. The fourth-order valence-corrected chi connectivity index (χ4v) is 1.68. The number of non-ortho nitro benzene ring substituents is 1. The van der Waals surface area contributed by atoms with E-state index in [2.05, 4.69) is 26.5 Å². The first-order valence-corrected chi connectivity index (χ1v) is 6.19. The van der Waals surface area contributed by atoms with Gasteiger partial charge in [-0.05, 0) is 28.1 Å². The first kappa shape index (κ1) is 13.9. The number of furan rings is 1. The third kappa shape index (κ3) is 3.51. The summed E-state index contributed by atoms with van der Waals surface area (Å²) in [5, 5.41) is 14.3. The number of hydrogen-bond acceptors (Lipinski definition) is 5. The highest BCUT2D eigenvalue weighted by molar-refractivity contribution is 9.10. The molecule has 0 aliphatic carbocycles. The van der Waals surface area contributed by atoms with Crippen molar-refractivity contribution < 1.29 is 14.1 Å². The Labute approximate surface area is 121 Å². The molecule has 1 heterocycles. The Morgan fingerprint density at radius 1 is 1.40 bits per heavy atom. The lowest BCUT2D eigenvalue weighted by Crippen LogP contribution is -2.16. The summed E-state index contributed by atoms with van der Waals surface area (Å²) in [5.74, 6) is -0.412. The van der Waals surface area contributed by atoms with Gasteiger partial charge in [-0.15, -0.1) is 0 Å². The summed E-state index contributed by atoms with van der Waals surface area (Å²) in [5.41, 5.74) is 2.71. The first-order chi connectivity index (χ1) is 9.56. The predicted molar refractivity (Wildman–Crippen MR) is 74.6 cm³/mol. The molecule has 0 fully saturated rings. The molecule has 0 atom stereocenters. The van der Waals surface area contributed by atoms with Crippen LogP contribution in [0.25, 0.3) is 0 Å². The molecule has 0 radical (unpaired) electrons. The number of carbonyl (C=O) groups is 1. The van der Waals surface area contributed by atoms with Gasteiger partial charge in [-0.3, -0.25) is 14.9 Å². The molecule has 0 spiro atoms. The first-order valence-electron chi connectivity index (χ1n) is 5.39. The minimum absolute atomic E-state index is 0.0461. The fourth-order valence-electron chi connectivity index (χ4n) is 1.38. The highest BCUT2D eigenvalue weighted by Gasteiger charge is 2.09. The van der Waals surface area contributed by atoms with E-state index in [4.69, 9.17) is 4.42 Å². The van der Waals surface area contributed by atoms with Gasteiger partial charge in [0.15, 0.2) is 10.4 Å². The number of hydrogen-bond donors (Lipinski definition) is 1. The molecule has 1 aromatic carbocycles. The third-order valence-electron chi connectivity index (χ3n) is 2.26. The van der Waals surface area contributed by atoms with Crippen molar-refractivity contribution in [2.45, 2.75) is 0 Å². The van der Waals surface area contributed by atoms with Crippen LogP contribution >= 0.6 is 15.9 Å². The molecule has 0 saturated heterocycles. The Kier molecular flexibility index (Phi) is 4.26. The van der Waals surface area contributed by atoms with Crippen LogP contribution in [0, 0.1) is 10.1 Å². The van der Waals surface area contributed by atoms with E-state index in [0.717, 1.165) is 0 Å². The van der Waals surface area contributed by atoms with E-state index in [1.807, 2.05) is 0 Å². The van der Waals surface area contributed by atoms with Crippen LogP contribution in [0.3, 0.4) is 0 Å². The molecule has 0 aliphatic heterocycles. The molecule has 2 aromatic rings. The summed E-state index contributed by atoms with van der Waals surface area (Å²) in [7, 11) is 0. The molecule has 20 heavy (non-hydrogen) atoms. The topological polar surface area (TPSA) is 97.7 Å². The van der Waals surface area contributed by atoms with E-state index in [-0.39, 0.29) is 11.4 Å². The number of benzene rings is 1. The van der Waals surface area contributed by atoms with Crippen LogP contribution in [0.4, 0.5) is 5.69 Å². The SMILES string of the molecule is O=C(N/N=C\c1cccc([N+](=O)[O-])c1)c1ccc(Br)o1. The Hall–Kier alpha value is -2.48. The number of halogens is 1. The Balaban J connectivity index is 2.01. The van der Waals surface area contributed by atoms with Gasteiger partial charge in [0, 0.05) is 17.7 Å². The van der Waals surface area contributed by atoms with Crippen molar-refractivity contribution in [1.29, 1.82) is 0 Å². The van der Waals surface area contributed by atoms with Gasteiger partial charge >= 0.3 is 5.91 Å². The lowest BCUT2D eigenvalue weighted by molar-refractivity contribution is -0.384. The minimum atomic E-state index is -0.516. The maximum absolute atomic E-state index is 11.6. The molecular weight excluding hydrogens is 330 g/mol. The molecule has 0 saturated carbocycles. The number of amides is 1. The van der Waals surface area contributed by atoms with Crippen LogP contribution in [-0.2, 0) is 0 Å². The zero-order chi connectivity index (χ0) is 14.5. The lowest BCUT2D eigenvalue weighted by Gasteiger charge is -1.96. The maximum atomic E-state index is 11.6. The van der Waals surface area contributed by atoms with Gasteiger partial charge in [0.2, 0.25) is 0 Å². The van der Waals surface area contributed by atoms with Crippen molar-refractivity contribution in [3.8, 4) is 0 Å². The van der Waals surface area contributed by atoms with Gasteiger partial charge in [0.1, 0.15) is 0 Å². The van der Waals surface area contributed by atoms with Gasteiger partial charge < -0.3 is 4.42 Å². The van der Waals surface area contributed by atoms with E-state index >= 15 is 0 Å². The van der Waals surface area contributed by atoms with Crippen molar-refractivity contribution in [2.75, 3.05) is 0 Å². The van der Waals surface area contributed by atoms with Crippen molar-refractivity contribution in [2.24, 2.45) is 5.10 Å². The van der Waals surface area contributed by atoms with Crippen molar-refractivity contribution in [1.82, 2.24) is 5.43 Å². The standard InChI is InChI=1S/C12H8BrN3O4/c13-11-5-4-10(20-11)12(17)15-14-7-8-2-1-3-9(6-8)16(18)19/h1-7H,(H,15,17)/b14-7-. The number of carbonyl (C=O) groups excluding carboxylic acids is 1. The number of nitrogens with one attached hydrogen (secondary N) is 1. The van der Waals surface area contributed by atoms with Gasteiger partial charge in [-0.1, -0.05) is 12.1 Å². The third-order valence-corrected chi connectivity index (χ3v) is 2.68. The van der Waals surface area contributed by atoms with Crippen molar-refractivity contribution in [3.05, 3.63) is 62.5 Å². The number of nitrogens with zero attached hydrogens (tertiary/aromatic N) is 2. The molecule has 1 aromatic heterocycles. The van der Waals surface area contributed by atoms with Gasteiger partial charge in [0.25, 0.3) is 5.69 Å². The van der Waals surface area contributed by atoms with Crippen LogP contribution in [0.5, 0.6) is 0 Å². The lowest BCUT2D eigenvalue weighted by atomic mass is 10.2. The number of rotatable bonds is 4. The van der Waals surface area contributed by atoms with Crippen molar-refractivity contribution in [3.63, 3.8) is 0 Å². The molecular formula is C12H8BrN3O4. The second kappa shape index (κ2) is 6.11. The Morgan fingerprint density at radius 2 is 2.20 bits per heavy atom. The summed E-state index contributed by atoms with van der Waals surface area (Å²) in [6.45, 7) is 0. The summed E-state index contributed by atoms with van der Waals surface area (Å²) >= 11 is 3.08. The number of nitro groups is 1. The van der Waals surface area contributed by atoms with E-state index in [1.54, 1.807) is 12.1 Å². The largest absolute Gasteiger partial charge is 0.444 e. The monoisotopic (exact) mass is 337 g/mol. The smallest absolute Gasteiger partial charge is 0.307 e. The van der Waals surface area contributed by atoms with E-state index in [0.29, 0.717) is 10.2 Å². The molecule has 0 aliphatic rings. The quantitative estimate of drug-likeness (QED) is 0.526. The van der Waals surface area contributed by atoms with E-state index in [1.165, 1.54) is 30.5 Å². The van der Waals surface area contributed by atoms with Crippen molar-refractivity contribution >= 4 is 33.7 Å². The van der Waals surface area contributed by atoms with Crippen LogP contribution in [0.1, 0.15) is 16.1 Å². The summed E-state index contributed by atoms with van der Waals surface area (Å²) in [6, 6.07) is 8.95. The summed E-state index contributed by atoms with van der Waals surface area (Å²) in [6.07, 6.45) is 1.31. The molecule has 0 unspecified atom stereocenters. The highest BCUT2D eigenvalue weighted by atomic mass is 79.9. The maximum Gasteiger partial charge on any atom is 0.307 e. The zero-order valence-corrected chi connectivity index (χ0v) is 11.5. The number of nitro benzene ring substituents is 1. The highest BCUT2D eigenvalue weighted by Crippen LogP contribution is 2.14. The minimum Gasteiger partial charge on any atom is -0.444 e. The van der Waals surface area contributed by atoms with Crippen LogP contribution in [0.2, 0.25) is 0 Å². The molecule has 2 rings (SSSR count). The second-order valence-corrected chi connectivity index (χ2v) is 4.44. The predicted octanol–water partition coefficient (Wildman–Crippen LogP) is 2.71.